The van der Waals surface area contributed by atoms with Crippen LogP contribution < -0.4 is 14.8 Å². The first-order valence-electron chi connectivity index (χ1n) is 9.17. The van der Waals surface area contributed by atoms with Crippen LogP contribution in [-0.2, 0) is 14.3 Å². The van der Waals surface area contributed by atoms with Crippen molar-refractivity contribution in [2.24, 2.45) is 0 Å². The molecule has 0 heterocycles. The van der Waals surface area contributed by atoms with E-state index in [0.717, 1.165) is 0 Å². The van der Waals surface area contributed by atoms with E-state index in [0.29, 0.717) is 22.7 Å². The number of hydrogen-bond donors (Lipinski definition) is 1. The predicted molar refractivity (Wildman–Crippen MR) is 109 cm³/mol. The zero-order valence-electron chi connectivity index (χ0n) is 17.4. The summed E-state index contributed by atoms with van der Waals surface area (Å²) in [5, 5.41) is 2.79. The molecule has 0 radical (unpaired) electrons. The van der Waals surface area contributed by atoms with Crippen molar-refractivity contribution in [3.05, 3.63) is 54.1 Å². The van der Waals surface area contributed by atoms with Crippen molar-refractivity contribution in [3.8, 4) is 11.5 Å². The molecule has 0 aromatic heterocycles. The molecule has 0 spiro atoms. The number of ether oxygens (including phenoxy) is 4. The summed E-state index contributed by atoms with van der Waals surface area (Å²) in [5.41, 5.74) is 0.565. The molecule has 0 aliphatic rings. The number of methoxy groups -OCH3 is 2. The van der Waals surface area contributed by atoms with Crippen LogP contribution in [0.1, 0.15) is 38.9 Å². The summed E-state index contributed by atoms with van der Waals surface area (Å²) in [6.45, 7) is 5.23. The molecule has 0 saturated carbocycles. The molecule has 1 amide bonds. The number of nitrogens with one attached hydrogen (secondary N) is 1. The third kappa shape index (κ3) is 7.37. The average Bonchev–Trinajstić information content (AvgIpc) is 2.66. The summed E-state index contributed by atoms with van der Waals surface area (Å²) in [4.78, 5) is 24.7. The third-order valence-electron chi connectivity index (χ3n) is 3.86. The molecule has 7 nitrogen and oxygen atoms in total. The Morgan fingerprint density at radius 3 is 1.90 bits per heavy atom. The van der Waals surface area contributed by atoms with E-state index in [4.69, 9.17) is 18.9 Å². The van der Waals surface area contributed by atoms with Gasteiger partial charge in [-0.1, -0.05) is 12.1 Å². The molecule has 0 aliphatic heterocycles. The van der Waals surface area contributed by atoms with Crippen LogP contribution in [-0.4, -0.2) is 31.9 Å². The van der Waals surface area contributed by atoms with E-state index in [9.17, 15) is 9.59 Å². The van der Waals surface area contributed by atoms with Crippen molar-refractivity contribution in [1.29, 1.82) is 0 Å². The molecule has 7 heteroatoms. The lowest BCUT2D eigenvalue weighted by molar-refractivity contribution is -0.118. The first-order chi connectivity index (χ1) is 13.7. The second kappa shape index (κ2) is 9.82. The molecule has 0 fully saturated rings. The average molecular weight is 401 g/mol. The Bertz CT molecular complexity index is 809. The minimum absolute atomic E-state index is 0.0718. The molecule has 2 rings (SSSR count). The number of amides is 1. The maximum Gasteiger partial charge on any atom is 0.509 e. The third-order valence-corrected chi connectivity index (χ3v) is 3.86. The molecule has 29 heavy (non-hydrogen) atoms. The van der Waals surface area contributed by atoms with Crippen molar-refractivity contribution in [2.75, 3.05) is 19.5 Å². The monoisotopic (exact) mass is 401 g/mol. The standard InChI is InChI=1S/C22H27NO6/c1-22(2,3)29-21(25)28-19(15-6-10-17(26-4)11-7-15)14-20(24)23-16-8-12-18(27-5)13-9-16/h6-13,19H,14H2,1-5H3,(H,23,24). The predicted octanol–water partition coefficient (Wildman–Crippen LogP) is 4.73. The number of carbonyl (C=O) groups excluding carboxylic acids is 2. The van der Waals surface area contributed by atoms with Crippen molar-refractivity contribution in [2.45, 2.75) is 38.9 Å². The van der Waals surface area contributed by atoms with Crippen molar-refractivity contribution >= 4 is 17.7 Å². The Morgan fingerprint density at radius 2 is 1.41 bits per heavy atom. The summed E-state index contributed by atoms with van der Waals surface area (Å²) < 4.78 is 20.9. The van der Waals surface area contributed by atoms with Gasteiger partial charge in [-0.3, -0.25) is 4.79 Å². The van der Waals surface area contributed by atoms with E-state index in [2.05, 4.69) is 5.32 Å². The number of rotatable bonds is 7. The van der Waals surface area contributed by atoms with E-state index in [-0.39, 0.29) is 12.3 Å². The van der Waals surface area contributed by atoms with Gasteiger partial charge in [0.2, 0.25) is 5.91 Å². The van der Waals surface area contributed by atoms with Crippen LogP contribution in [0.4, 0.5) is 10.5 Å². The number of carbonyl (C=O) groups is 2. The highest BCUT2D eigenvalue weighted by Gasteiger charge is 2.25. The minimum atomic E-state index is -0.837. The summed E-state index contributed by atoms with van der Waals surface area (Å²) in [7, 11) is 3.13. The molecule has 2 aromatic carbocycles. The topological polar surface area (TPSA) is 83.1 Å². The van der Waals surface area contributed by atoms with E-state index >= 15 is 0 Å². The Morgan fingerprint density at radius 1 is 0.897 bits per heavy atom. The second-order valence-corrected chi connectivity index (χ2v) is 7.32. The van der Waals surface area contributed by atoms with E-state index in [1.54, 1.807) is 83.5 Å². The van der Waals surface area contributed by atoms with Gasteiger partial charge in [-0.15, -0.1) is 0 Å². The molecule has 1 unspecified atom stereocenters. The second-order valence-electron chi connectivity index (χ2n) is 7.32. The molecule has 1 atom stereocenters. The molecule has 2 aromatic rings. The summed E-state index contributed by atoms with van der Waals surface area (Å²) in [5.74, 6) is 1.04. The maximum absolute atomic E-state index is 12.5. The Balaban J connectivity index is 2.12. The zero-order chi connectivity index (χ0) is 21.4. The van der Waals surface area contributed by atoms with E-state index < -0.39 is 17.9 Å². The minimum Gasteiger partial charge on any atom is -0.497 e. The van der Waals surface area contributed by atoms with Gasteiger partial charge in [0, 0.05) is 5.69 Å². The lowest BCUT2D eigenvalue weighted by Crippen LogP contribution is -2.27. The van der Waals surface area contributed by atoms with E-state index in [1.807, 2.05) is 0 Å². The number of benzene rings is 2. The fourth-order valence-corrected chi connectivity index (χ4v) is 2.49. The highest BCUT2D eigenvalue weighted by Crippen LogP contribution is 2.26. The van der Waals surface area contributed by atoms with Gasteiger partial charge in [0.25, 0.3) is 0 Å². The van der Waals surface area contributed by atoms with Crippen LogP contribution in [0.3, 0.4) is 0 Å². The Labute approximate surface area is 170 Å². The summed E-state index contributed by atoms with van der Waals surface area (Å²) in [6.07, 6.45) is -1.72. The molecular formula is C22H27NO6. The van der Waals surface area contributed by atoms with E-state index in [1.165, 1.54) is 0 Å². The molecular weight excluding hydrogens is 374 g/mol. The van der Waals surface area contributed by atoms with Crippen LogP contribution in [0.25, 0.3) is 0 Å². The van der Waals surface area contributed by atoms with Crippen LogP contribution in [0, 0.1) is 0 Å². The van der Waals surface area contributed by atoms with Crippen molar-refractivity contribution < 1.29 is 28.5 Å². The molecule has 0 aliphatic carbocycles. The lowest BCUT2D eigenvalue weighted by atomic mass is 10.1. The zero-order valence-corrected chi connectivity index (χ0v) is 17.4. The van der Waals surface area contributed by atoms with Gasteiger partial charge in [0.15, 0.2) is 0 Å². The van der Waals surface area contributed by atoms with Gasteiger partial charge in [-0.05, 0) is 62.7 Å². The largest absolute Gasteiger partial charge is 0.509 e. The molecule has 1 N–H and O–H groups in total. The summed E-state index contributed by atoms with van der Waals surface area (Å²) in [6, 6.07) is 13.9. The molecule has 0 saturated heterocycles. The molecule has 0 bridgehead atoms. The van der Waals surface area contributed by atoms with Crippen LogP contribution in [0.5, 0.6) is 11.5 Å². The Kier molecular flexibility index (Phi) is 7.47. The van der Waals surface area contributed by atoms with Gasteiger partial charge in [-0.2, -0.15) is 0 Å². The van der Waals surface area contributed by atoms with Crippen LogP contribution in [0.15, 0.2) is 48.5 Å². The van der Waals surface area contributed by atoms with Crippen molar-refractivity contribution in [3.63, 3.8) is 0 Å². The summed E-state index contributed by atoms with van der Waals surface area (Å²) >= 11 is 0. The van der Waals surface area contributed by atoms with Crippen LogP contribution in [0.2, 0.25) is 0 Å². The van der Waals surface area contributed by atoms with Gasteiger partial charge >= 0.3 is 6.16 Å². The smallest absolute Gasteiger partial charge is 0.497 e. The normalized spacial score (nSPS) is 11.9. The maximum atomic E-state index is 12.5. The highest BCUT2D eigenvalue weighted by atomic mass is 16.7. The SMILES string of the molecule is COc1ccc(NC(=O)CC(OC(=O)OC(C)(C)C)c2ccc(OC)cc2)cc1. The lowest BCUT2D eigenvalue weighted by Gasteiger charge is -2.23. The fraction of sp³-hybridized carbons (Fsp3) is 0.364. The first kappa shape index (κ1) is 22.1. The van der Waals surface area contributed by atoms with Gasteiger partial charge in [0.1, 0.15) is 23.2 Å². The van der Waals surface area contributed by atoms with Gasteiger partial charge < -0.3 is 24.3 Å². The van der Waals surface area contributed by atoms with Crippen LogP contribution >= 0.6 is 0 Å². The fourth-order valence-electron chi connectivity index (χ4n) is 2.49. The quantitative estimate of drug-likeness (QED) is 0.676. The first-order valence-corrected chi connectivity index (χ1v) is 9.17. The highest BCUT2D eigenvalue weighted by molar-refractivity contribution is 5.91. The number of hydrogen-bond acceptors (Lipinski definition) is 6. The Hall–Kier alpha value is -3.22. The van der Waals surface area contributed by atoms with Crippen molar-refractivity contribution in [1.82, 2.24) is 0 Å². The van der Waals surface area contributed by atoms with Gasteiger partial charge in [-0.25, -0.2) is 4.79 Å². The molecule has 156 valence electrons. The number of anilines is 1. The van der Waals surface area contributed by atoms with Gasteiger partial charge in [0.05, 0.1) is 20.6 Å².